The third kappa shape index (κ3) is 3.65. The second kappa shape index (κ2) is 6.83. The SMILES string of the molecule is C#CCNC(=O)c1ccccc1SCc1cc(C)no1. The number of hydrogen-bond acceptors (Lipinski definition) is 4. The van der Waals surface area contributed by atoms with E-state index in [-0.39, 0.29) is 12.5 Å². The van der Waals surface area contributed by atoms with Gasteiger partial charge in [0.25, 0.3) is 5.91 Å². The zero-order valence-electron chi connectivity index (χ0n) is 11.1. The van der Waals surface area contributed by atoms with Crippen LogP contribution in [0.3, 0.4) is 0 Å². The number of benzene rings is 1. The van der Waals surface area contributed by atoms with Crippen molar-refractivity contribution in [3.05, 3.63) is 47.3 Å². The highest BCUT2D eigenvalue weighted by atomic mass is 32.2. The number of thioether (sulfide) groups is 1. The number of carbonyl (C=O) groups excluding carboxylic acids is 1. The van der Waals surface area contributed by atoms with Crippen molar-refractivity contribution in [1.82, 2.24) is 10.5 Å². The zero-order chi connectivity index (χ0) is 14.4. The second-order valence-electron chi connectivity index (χ2n) is 4.11. The molecule has 0 saturated carbocycles. The number of terminal acetylenes is 1. The van der Waals surface area contributed by atoms with Gasteiger partial charge in [-0.1, -0.05) is 23.2 Å². The topological polar surface area (TPSA) is 55.1 Å². The Hall–Kier alpha value is -2.19. The standard InChI is InChI=1S/C15H14N2O2S/c1-3-8-16-15(18)13-6-4-5-7-14(13)20-10-12-9-11(2)17-19-12/h1,4-7,9H,8,10H2,2H3,(H,16,18). The lowest BCUT2D eigenvalue weighted by Crippen LogP contribution is -2.24. The normalized spacial score (nSPS) is 10.0. The minimum absolute atomic E-state index is 0.167. The second-order valence-corrected chi connectivity index (χ2v) is 5.12. The third-order valence-corrected chi connectivity index (χ3v) is 3.63. The lowest BCUT2D eigenvalue weighted by Gasteiger charge is -2.07. The third-order valence-electron chi connectivity index (χ3n) is 2.53. The zero-order valence-corrected chi connectivity index (χ0v) is 11.9. The molecule has 0 atom stereocenters. The molecule has 1 aromatic heterocycles. The summed E-state index contributed by atoms with van der Waals surface area (Å²) in [6, 6.07) is 9.28. The Morgan fingerprint density at radius 3 is 3.00 bits per heavy atom. The van der Waals surface area contributed by atoms with E-state index in [4.69, 9.17) is 10.9 Å². The van der Waals surface area contributed by atoms with Gasteiger partial charge in [0, 0.05) is 11.0 Å². The molecule has 2 aromatic rings. The Labute approximate surface area is 121 Å². The van der Waals surface area contributed by atoms with Crippen molar-refractivity contribution in [3.8, 4) is 12.3 Å². The van der Waals surface area contributed by atoms with Crippen LogP contribution in [0.2, 0.25) is 0 Å². The molecule has 0 saturated heterocycles. The van der Waals surface area contributed by atoms with E-state index < -0.39 is 0 Å². The minimum atomic E-state index is -0.167. The number of rotatable bonds is 5. The van der Waals surface area contributed by atoms with Gasteiger partial charge < -0.3 is 9.84 Å². The van der Waals surface area contributed by atoms with Gasteiger partial charge in [0.2, 0.25) is 0 Å². The molecule has 0 unspecified atom stereocenters. The molecule has 1 heterocycles. The number of amides is 1. The first-order chi connectivity index (χ1) is 9.70. The molecule has 0 spiro atoms. The van der Waals surface area contributed by atoms with E-state index in [0.29, 0.717) is 11.3 Å². The first-order valence-corrected chi connectivity index (χ1v) is 7.05. The molecule has 2 rings (SSSR count). The van der Waals surface area contributed by atoms with E-state index in [1.807, 2.05) is 31.2 Å². The van der Waals surface area contributed by atoms with Crippen LogP contribution in [0.5, 0.6) is 0 Å². The van der Waals surface area contributed by atoms with Crippen LogP contribution in [0, 0.1) is 19.3 Å². The molecule has 0 radical (unpaired) electrons. The molecule has 5 heteroatoms. The molecule has 0 aliphatic heterocycles. The maximum absolute atomic E-state index is 12.0. The minimum Gasteiger partial charge on any atom is -0.360 e. The first kappa shape index (κ1) is 14.2. The van der Waals surface area contributed by atoms with Crippen LogP contribution in [-0.2, 0) is 5.75 Å². The molecule has 1 amide bonds. The summed E-state index contributed by atoms with van der Waals surface area (Å²) in [5.74, 6) is 3.63. The fraction of sp³-hybridized carbons (Fsp3) is 0.200. The highest BCUT2D eigenvalue weighted by molar-refractivity contribution is 7.98. The van der Waals surface area contributed by atoms with Crippen molar-refractivity contribution in [1.29, 1.82) is 0 Å². The van der Waals surface area contributed by atoms with Gasteiger partial charge in [0.15, 0.2) is 0 Å². The van der Waals surface area contributed by atoms with Crippen molar-refractivity contribution < 1.29 is 9.32 Å². The highest BCUT2D eigenvalue weighted by Gasteiger charge is 2.11. The van der Waals surface area contributed by atoms with Crippen molar-refractivity contribution in [2.24, 2.45) is 0 Å². The van der Waals surface area contributed by atoms with E-state index in [1.165, 1.54) is 11.8 Å². The summed E-state index contributed by atoms with van der Waals surface area (Å²) < 4.78 is 5.15. The van der Waals surface area contributed by atoms with Crippen LogP contribution in [0.25, 0.3) is 0 Å². The number of nitrogens with zero attached hydrogens (tertiary/aromatic N) is 1. The molecule has 0 fully saturated rings. The lowest BCUT2D eigenvalue weighted by molar-refractivity contribution is 0.0956. The predicted molar refractivity (Wildman–Crippen MR) is 78.4 cm³/mol. The summed E-state index contributed by atoms with van der Waals surface area (Å²) in [5, 5.41) is 6.50. The maximum Gasteiger partial charge on any atom is 0.253 e. The van der Waals surface area contributed by atoms with Crippen LogP contribution >= 0.6 is 11.8 Å². The summed E-state index contributed by atoms with van der Waals surface area (Å²) in [6.07, 6.45) is 5.14. The summed E-state index contributed by atoms with van der Waals surface area (Å²) in [5.41, 5.74) is 1.46. The first-order valence-electron chi connectivity index (χ1n) is 6.06. The number of aromatic nitrogens is 1. The van der Waals surface area contributed by atoms with E-state index in [1.54, 1.807) is 6.07 Å². The summed E-state index contributed by atoms with van der Waals surface area (Å²) in [4.78, 5) is 12.9. The molecular weight excluding hydrogens is 272 g/mol. The van der Waals surface area contributed by atoms with Gasteiger partial charge in [-0.3, -0.25) is 4.79 Å². The molecule has 102 valence electrons. The van der Waals surface area contributed by atoms with Crippen LogP contribution in [0.1, 0.15) is 21.8 Å². The molecule has 0 aliphatic rings. The van der Waals surface area contributed by atoms with Crippen molar-refractivity contribution in [2.75, 3.05) is 6.54 Å². The molecular formula is C15H14N2O2S. The van der Waals surface area contributed by atoms with Crippen LogP contribution in [0.4, 0.5) is 0 Å². The van der Waals surface area contributed by atoms with E-state index in [0.717, 1.165) is 16.3 Å². The van der Waals surface area contributed by atoms with Gasteiger partial charge in [0.1, 0.15) is 5.76 Å². The van der Waals surface area contributed by atoms with Crippen molar-refractivity contribution in [2.45, 2.75) is 17.6 Å². The summed E-state index contributed by atoms with van der Waals surface area (Å²) in [6.45, 7) is 2.10. The Morgan fingerprint density at radius 2 is 2.30 bits per heavy atom. The number of carbonyl (C=O) groups is 1. The summed E-state index contributed by atoms with van der Waals surface area (Å²) in [7, 11) is 0. The van der Waals surface area contributed by atoms with Gasteiger partial charge in [-0.25, -0.2) is 0 Å². The Bertz CT molecular complexity index is 643. The van der Waals surface area contributed by atoms with Gasteiger partial charge >= 0.3 is 0 Å². The molecule has 0 bridgehead atoms. The summed E-state index contributed by atoms with van der Waals surface area (Å²) >= 11 is 1.53. The van der Waals surface area contributed by atoms with E-state index >= 15 is 0 Å². The van der Waals surface area contributed by atoms with Gasteiger partial charge in [-0.15, -0.1) is 18.2 Å². The highest BCUT2D eigenvalue weighted by Crippen LogP contribution is 2.26. The van der Waals surface area contributed by atoms with Gasteiger partial charge in [-0.2, -0.15) is 0 Å². The molecule has 20 heavy (non-hydrogen) atoms. The fourth-order valence-corrected chi connectivity index (χ4v) is 2.56. The quantitative estimate of drug-likeness (QED) is 0.678. The van der Waals surface area contributed by atoms with Crippen LogP contribution < -0.4 is 5.32 Å². The predicted octanol–water partition coefficient (Wildman–Crippen LogP) is 2.64. The number of nitrogens with one attached hydrogen (secondary N) is 1. The average Bonchev–Trinajstić information content (AvgIpc) is 2.88. The fourth-order valence-electron chi connectivity index (χ4n) is 1.64. The Balaban J connectivity index is 2.08. The monoisotopic (exact) mass is 286 g/mol. The van der Waals surface area contributed by atoms with E-state index in [9.17, 15) is 4.79 Å². The average molecular weight is 286 g/mol. The van der Waals surface area contributed by atoms with Gasteiger partial charge in [-0.05, 0) is 19.1 Å². The number of aryl methyl sites for hydroxylation is 1. The Kier molecular flexibility index (Phi) is 4.85. The van der Waals surface area contributed by atoms with Crippen LogP contribution in [-0.4, -0.2) is 17.6 Å². The van der Waals surface area contributed by atoms with E-state index in [2.05, 4.69) is 16.4 Å². The van der Waals surface area contributed by atoms with Crippen molar-refractivity contribution >= 4 is 17.7 Å². The largest absolute Gasteiger partial charge is 0.360 e. The molecule has 0 aliphatic carbocycles. The molecule has 4 nitrogen and oxygen atoms in total. The smallest absolute Gasteiger partial charge is 0.253 e. The molecule has 1 N–H and O–H groups in total. The van der Waals surface area contributed by atoms with Gasteiger partial charge in [0.05, 0.1) is 23.6 Å². The lowest BCUT2D eigenvalue weighted by atomic mass is 10.2. The van der Waals surface area contributed by atoms with Crippen molar-refractivity contribution in [3.63, 3.8) is 0 Å². The maximum atomic E-state index is 12.0. The Morgan fingerprint density at radius 1 is 1.50 bits per heavy atom. The van der Waals surface area contributed by atoms with Crippen LogP contribution in [0.15, 0.2) is 39.8 Å². The molecule has 1 aromatic carbocycles. The number of hydrogen-bond donors (Lipinski definition) is 1.